The van der Waals surface area contributed by atoms with Gasteiger partial charge in [0.1, 0.15) is 17.3 Å². The van der Waals surface area contributed by atoms with Crippen LogP contribution in [0.15, 0.2) is 54.6 Å². The maximum absolute atomic E-state index is 14.5. The minimum absolute atomic E-state index is 0.0445. The van der Waals surface area contributed by atoms with Gasteiger partial charge in [-0.05, 0) is 36.6 Å². The van der Waals surface area contributed by atoms with Crippen LogP contribution < -0.4 is 10.2 Å². The van der Waals surface area contributed by atoms with Gasteiger partial charge in [0.25, 0.3) is 5.91 Å². The number of carbonyl (C=O) groups is 3. The molecule has 9 heteroatoms. The monoisotopic (exact) mass is 450 g/mol. The first-order chi connectivity index (χ1) is 15.8. The molecule has 1 saturated heterocycles. The van der Waals surface area contributed by atoms with E-state index in [-0.39, 0.29) is 23.7 Å². The van der Waals surface area contributed by atoms with Gasteiger partial charge in [-0.2, -0.15) is 5.10 Å². The number of aliphatic carboxylic acids is 1. The number of hydrogen-bond donors (Lipinski definition) is 2. The highest BCUT2D eigenvalue weighted by atomic mass is 19.1. The number of anilines is 1. The highest BCUT2D eigenvalue weighted by Gasteiger charge is 2.29. The number of nitrogens with one attached hydrogen (secondary N) is 1. The van der Waals surface area contributed by atoms with Crippen LogP contribution in [0.25, 0.3) is 5.69 Å². The topological polar surface area (TPSA) is 105 Å². The molecule has 1 aliphatic heterocycles. The Balaban J connectivity index is 1.71. The predicted molar refractivity (Wildman–Crippen MR) is 119 cm³/mol. The number of aromatic nitrogens is 2. The summed E-state index contributed by atoms with van der Waals surface area (Å²) in [5.41, 5.74) is 1.57. The summed E-state index contributed by atoms with van der Waals surface area (Å²) in [6.07, 6.45) is 0.691. The third kappa shape index (κ3) is 4.62. The van der Waals surface area contributed by atoms with Gasteiger partial charge in [0.15, 0.2) is 5.69 Å². The van der Waals surface area contributed by atoms with Crippen LogP contribution >= 0.6 is 0 Å². The lowest BCUT2D eigenvalue weighted by atomic mass is 9.98. The van der Waals surface area contributed by atoms with E-state index < -0.39 is 23.7 Å². The van der Waals surface area contributed by atoms with Crippen molar-refractivity contribution in [3.8, 4) is 5.69 Å². The van der Waals surface area contributed by atoms with Crippen LogP contribution in [0, 0.1) is 12.7 Å². The van der Waals surface area contributed by atoms with E-state index in [0.29, 0.717) is 30.8 Å². The number of hydrogen-bond acceptors (Lipinski definition) is 4. The molecule has 0 aliphatic carbocycles. The van der Waals surface area contributed by atoms with E-state index in [9.17, 15) is 23.9 Å². The molecular weight excluding hydrogens is 427 g/mol. The van der Waals surface area contributed by atoms with E-state index in [1.54, 1.807) is 18.2 Å². The number of carbonyl (C=O) groups excluding carboxylic acids is 2. The van der Waals surface area contributed by atoms with Crippen molar-refractivity contribution in [1.82, 2.24) is 15.1 Å². The Labute approximate surface area is 189 Å². The summed E-state index contributed by atoms with van der Waals surface area (Å²) in [7, 11) is 0. The van der Waals surface area contributed by atoms with Crippen LogP contribution in [0.4, 0.5) is 10.2 Å². The summed E-state index contributed by atoms with van der Waals surface area (Å²) in [5, 5.41) is 16.4. The van der Waals surface area contributed by atoms with E-state index in [4.69, 9.17) is 0 Å². The molecule has 33 heavy (non-hydrogen) atoms. The van der Waals surface area contributed by atoms with Crippen LogP contribution in [0.3, 0.4) is 0 Å². The number of carboxylic acids is 1. The molecule has 8 nitrogen and oxygen atoms in total. The summed E-state index contributed by atoms with van der Waals surface area (Å²) in [4.78, 5) is 38.4. The first-order valence-corrected chi connectivity index (χ1v) is 10.6. The third-order valence-corrected chi connectivity index (χ3v) is 5.60. The first kappa shape index (κ1) is 22.2. The Morgan fingerprint density at radius 2 is 1.91 bits per heavy atom. The SMILES string of the molecule is Cc1ccccc1[C@H](CC(=O)O)NC(=O)c1cc(N2CCCC2=O)n(-c2ccccc2F)n1. The lowest BCUT2D eigenvalue weighted by Crippen LogP contribution is -2.31. The number of nitrogens with zero attached hydrogens (tertiary/aromatic N) is 3. The minimum atomic E-state index is -1.07. The van der Waals surface area contributed by atoms with Crippen molar-refractivity contribution >= 4 is 23.6 Å². The highest BCUT2D eigenvalue weighted by Crippen LogP contribution is 2.28. The number of carboxylic acid groups (broad SMARTS) is 1. The predicted octanol–water partition coefficient (Wildman–Crippen LogP) is 3.39. The lowest BCUT2D eigenvalue weighted by molar-refractivity contribution is -0.137. The number of benzene rings is 2. The van der Waals surface area contributed by atoms with Crippen molar-refractivity contribution in [2.24, 2.45) is 0 Å². The van der Waals surface area contributed by atoms with Crippen molar-refractivity contribution in [2.75, 3.05) is 11.4 Å². The average Bonchev–Trinajstić information content (AvgIpc) is 3.40. The Morgan fingerprint density at radius 1 is 1.18 bits per heavy atom. The Kier molecular flexibility index (Phi) is 6.21. The molecule has 0 radical (unpaired) electrons. The van der Waals surface area contributed by atoms with Gasteiger partial charge < -0.3 is 10.4 Å². The molecule has 1 aliphatic rings. The molecule has 0 spiro atoms. The number of rotatable bonds is 7. The Morgan fingerprint density at radius 3 is 2.58 bits per heavy atom. The van der Waals surface area contributed by atoms with Crippen molar-refractivity contribution < 1.29 is 23.9 Å². The molecule has 2 N–H and O–H groups in total. The number of amides is 2. The summed E-state index contributed by atoms with van der Waals surface area (Å²) >= 11 is 0. The fraction of sp³-hybridized carbons (Fsp3) is 0.250. The van der Waals surface area contributed by atoms with E-state index in [0.717, 1.165) is 5.56 Å². The van der Waals surface area contributed by atoms with Gasteiger partial charge in [0, 0.05) is 19.0 Å². The molecule has 170 valence electrons. The minimum Gasteiger partial charge on any atom is -0.481 e. The second-order valence-corrected chi connectivity index (χ2v) is 7.88. The molecule has 0 unspecified atom stereocenters. The maximum Gasteiger partial charge on any atom is 0.305 e. The molecule has 4 rings (SSSR count). The van der Waals surface area contributed by atoms with Crippen LogP contribution in [-0.4, -0.2) is 39.2 Å². The van der Waals surface area contributed by atoms with Gasteiger partial charge in [0.2, 0.25) is 5.91 Å². The van der Waals surface area contributed by atoms with Gasteiger partial charge in [-0.15, -0.1) is 0 Å². The molecule has 1 aromatic heterocycles. The molecule has 0 saturated carbocycles. The second kappa shape index (κ2) is 9.23. The summed E-state index contributed by atoms with van der Waals surface area (Å²) in [6.45, 7) is 2.27. The maximum atomic E-state index is 14.5. The van der Waals surface area contributed by atoms with Gasteiger partial charge in [0.05, 0.1) is 12.5 Å². The molecule has 2 aromatic carbocycles. The quantitative estimate of drug-likeness (QED) is 0.574. The molecule has 2 heterocycles. The zero-order chi connectivity index (χ0) is 23.5. The number of halogens is 1. The Hall–Kier alpha value is -4.01. The van der Waals surface area contributed by atoms with Gasteiger partial charge in [-0.3, -0.25) is 19.3 Å². The third-order valence-electron chi connectivity index (χ3n) is 5.60. The van der Waals surface area contributed by atoms with Crippen LogP contribution in [0.2, 0.25) is 0 Å². The number of aryl methyl sites for hydroxylation is 1. The molecule has 1 atom stereocenters. The largest absolute Gasteiger partial charge is 0.481 e. The molecule has 1 fully saturated rings. The zero-order valence-electron chi connectivity index (χ0n) is 18.0. The van der Waals surface area contributed by atoms with E-state index >= 15 is 0 Å². The van der Waals surface area contributed by atoms with E-state index in [2.05, 4.69) is 10.4 Å². The summed E-state index contributed by atoms with van der Waals surface area (Å²) < 4.78 is 15.8. The number of para-hydroxylation sites is 1. The molecule has 0 bridgehead atoms. The highest BCUT2D eigenvalue weighted by molar-refractivity contribution is 5.98. The standard InChI is InChI=1S/C24H23FN4O4/c1-15-7-2-3-8-16(15)18(14-23(31)32)26-24(33)19-13-21(28-12-6-11-22(28)30)29(27-19)20-10-5-4-9-17(20)25/h2-5,7-10,13,18H,6,11-12,14H2,1H3,(H,26,33)(H,31,32)/t18-/m0/s1. The molecule has 2 amide bonds. The van der Waals surface area contributed by atoms with E-state index in [1.165, 1.54) is 33.8 Å². The van der Waals surface area contributed by atoms with Crippen molar-refractivity contribution in [3.63, 3.8) is 0 Å². The smallest absolute Gasteiger partial charge is 0.305 e. The average molecular weight is 450 g/mol. The fourth-order valence-electron chi connectivity index (χ4n) is 3.99. The molecule has 3 aromatic rings. The van der Waals surface area contributed by atoms with Gasteiger partial charge >= 0.3 is 5.97 Å². The Bertz CT molecular complexity index is 1220. The van der Waals surface area contributed by atoms with E-state index in [1.807, 2.05) is 19.1 Å². The van der Waals surface area contributed by atoms with Crippen LogP contribution in [-0.2, 0) is 9.59 Å². The second-order valence-electron chi connectivity index (χ2n) is 7.88. The first-order valence-electron chi connectivity index (χ1n) is 10.6. The fourth-order valence-corrected chi connectivity index (χ4v) is 3.99. The normalized spacial score (nSPS) is 14.4. The molecular formula is C24H23FN4O4. The lowest BCUT2D eigenvalue weighted by Gasteiger charge is -2.18. The van der Waals surface area contributed by atoms with Crippen molar-refractivity contribution in [3.05, 3.63) is 77.2 Å². The van der Waals surface area contributed by atoms with Crippen LogP contribution in [0.5, 0.6) is 0 Å². The van der Waals surface area contributed by atoms with Crippen LogP contribution in [0.1, 0.15) is 46.9 Å². The zero-order valence-corrected chi connectivity index (χ0v) is 18.0. The van der Waals surface area contributed by atoms with Crippen molar-refractivity contribution in [1.29, 1.82) is 0 Å². The van der Waals surface area contributed by atoms with Gasteiger partial charge in [-0.25, -0.2) is 9.07 Å². The summed E-state index contributed by atoms with van der Waals surface area (Å²) in [5.74, 6) is -2.08. The van der Waals surface area contributed by atoms with Gasteiger partial charge in [-0.1, -0.05) is 36.4 Å². The summed E-state index contributed by atoms with van der Waals surface area (Å²) in [6, 6.07) is 13.8. The van der Waals surface area contributed by atoms with Crippen molar-refractivity contribution in [2.45, 2.75) is 32.2 Å².